The average molecular weight is 132 g/mol. The van der Waals surface area contributed by atoms with E-state index in [0.717, 1.165) is 6.42 Å². The summed E-state index contributed by atoms with van der Waals surface area (Å²) in [6, 6.07) is 0. The van der Waals surface area contributed by atoms with E-state index in [1.54, 1.807) is 0 Å². The van der Waals surface area contributed by atoms with Crippen LogP contribution in [0, 0.1) is 5.92 Å². The predicted octanol–water partition coefficient (Wildman–Crippen LogP) is -0.890. The summed E-state index contributed by atoms with van der Waals surface area (Å²) in [5.41, 5.74) is 0. The summed E-state index contributed by atoms with van der Waals surface area (Å²) in [5, 5.41) is 26.6. The quantitative estimate of drug-likeness (QED) is 0.434. The van der Waals surface area contributed by atoms with Crippen LogP contribution in [0.2, 0.25) is 0 Å². The minimum atomic E-state index is -0.699. The van der Waals surface area contributed by atoms with Crippen molar-refractivity contribution >= 4 is 0 Å². The summed E-state index contributed by atoms with van der Waals surface area (Å²) in [6.45, 7) is -0.0156. The molecule has 0 bridgehead atoms. The van der Waals surface area contributed by atoms with E-state index in [2.05, 4.69) is 0 Å². The van der Waals surface area contributed by atoms with Crippen LogP contribution in [0.1, 0.15) is 12.8 Å². The molecule has 3 nitrogen and oxygen atoms in total. The van der Waals surface area contributed by atoms with Gasteiger partial charge >= 0.3 is 0 Å². The Kier molecular flexibility index (Phi) is 2.05. The van der Waals surface area contributed by atoms with Crippen molar-refractivity contribution in [1.82, 2.24) is 0 Å². The molecule has 0 aromatic heterocycles. The van der Waals surface area contributed by atoms with Crippen molar-refractivity contribution < 1.29 is 15.3 Å². The van der Waals surface area contributed by atoms with Gasteiger partial charge in [0.1, 0.15) is 0 Å². The molecule has 3 heteroatoms. The monoisotopic (exact) mass is 132 g/mol. The smallest absolute Gasteiger partial charge is 0.0849 e. The number of rotatable bonds is 1. The molecule has 0 saturated heterocycles. The first kappa shape index (κ1) is 6.99. The standard InChI is InChI=1S/C6H12O3/c7-3-4-1-2-5(8)6(4)9/h4-9H,1-3H2/t4-,5-,6-/m1/s1. The maximum Gasteiger partial charge on any atom is 0.0849 e. The SMILES string of the molecule is OC[C@H]1CC[C@@H](O)[C@@H]1O. The second-order valence-corrected chi connectivity index (χ2v) is 2.58. The first-order chi connectivity index (χ1) is 4.25. The van der Waals surface area contributed by atoms with Crippen LogP contribution < -0.4 is 0 Å². The van der Waals surface area contributed by atoms with Gasteiger partial charge in [0.25, 0.3) is 0 Å². The van der Waals surface area contributed by atoms with Crippen LogP contribution in [-0.2, 0) is 0 Å². The molecule has 1 saturated carbocycles. The Morgan fingerprint density at radius 1 is 1.22 bits per heavy atom. The second kappa shape index (κ2) is 2.64. The van der Waals surface area contributed by atoms with E-state index in [1.807, 2.05) is 0 Å². The summed E-state index contributed by atoms with van der Waals surface area (Å²) in [7, 11) is 0. The van der Waals surface area contributed by atoms with Crippen LogP contribution in [0.5, 0.6) is 0 Å². The lowest BCUT2D eigenvalue weighted by atomic mass is 10.1. The van der Waals surface area contributed by atoms with Crippen molar-refractivity contribution in [3.05, 3.63) is 0 Å². The van der Waals surface area contributed by atoms with Gasteiger partial charge < -0.3 is 15.3 Å². The van der Waals surface area contributed by atoms with Gasteiger partial charge in [0.05, 0.1) is 12.2 Å². The van der Waals surface area contributed by atoms with E-state index in [0.29, 0.717) is 6.42 Å². The van der Waals surface area contributed by atoms with Crippen molar-refractivity contribution in [1.29, 1.82) is 0 Å². The highest BCUT2D eigenvalue weighted by molar-refractivity contribution is 4.83. The zero-order valence-electron chi connectivity index (χ0n) is 5.20. The third kappa shape index (κ3) is 1.23. The van der Waals surface area contributed by atoms with Gasteiger partial charge in [0.15, 0.2) is 0 Å². The molecule has 0 unspecified atom stereocenters. The van der Waals surface area contributed by atoms with E-state index < -0.39 is 12.2 Å². The molecule has 54 valence electrons. The normalized spacial score (nSPS) is 43.7. The predicted molar refractivity (Wildman–Crippen MR) is 31.8 cm³/mol. The van der Waals surface area contributed by atoms with Crippen LogP contribution in [0.25, 0.3) is 0 Å². The third-order valence-electron chi connectivity index (χ3n) is 1.94. The molecule has 0 aromatic rings. The topological polar surface area (TPSA) is 60.7 Å². The Balaban J connectivity index is 2.41. The molecule has 0 spiro atoms. The van der Waals surface area contributed by atoms with Gasteiger partial charge in [0, 0.05) is 12.5 Å². The molecule has 1 aliphatic carbocycles. The lowest BCUT2D eigenvalue weighted by Gasteiger charge is -2.12. The van der Waals surface area contributed by atoms with E-state index in [1.165, 1.54) is 0 Å². The molecule has 1 aliphatic rings. The number of hydrogen-bond acceptors (Lipinski definition) is 3. The number of hydrogen-bond donors (Lipinski definition) is 3. The van der Waals surface area contributed by atoms with Gasteiger partial charge in [-0.3, -0.25) is 0 Å². The van der Waals surface area contributed by atoms with Crippen molar-refractivity contribution in [3.63, 3.8) is 0 Å². The van der Waals surface area contributed by atoms with Crippen molar-refractivity contribution in [2.45, 2.75) is 25.0 Å². The summed E-state index contributed by atoms with van der Waals surface area (Å²) < 4.78 is 0. The Morgan fingerprint density at radius 3 is 2.11 bits per heavy atom. The van der Waals surface area contributed by atoms with Crippen LogP contribution >= 0.6 is 0 Å². The Labute approximate surface area is 53.9 Å². The summed E-state index contributed by atoms with van der Waals surface area (Å²) >= 11 is 0. The minimum Gasteiger partial charge on any atom is -0.396 e. The Hall–Kier alpha value is -0.120. The lowest BCUT2D eigenvalue weighted by Crippen LogP contribution is -2.26. The summed E-state index contributed by atoms with van der Waals surface area (Å²) in [4.78, 5) is 0. The summed E-state index contributed by atoms with van der Waals surface area (Å²) in [5.74, 6) is -0.0972. The van der Waals surface area contributed by atoms with E-state index in [4.69, 9.17) is 15.3 Å². The molecule has 3 N–H and O–H groups in total. The zero-order valence-corrected chi connectivity index (χ0v) is 5.20. The van der Waals surface area contributed by atoms with E-state index in [9.17, 15) is 0 Å². The van der Waals surface area contributed by atoms with Crippen LogP contribution in [-0.4, -0.2) is 34.1 Å². The van der Waals surface area contributed by atoms with Gasteiger partial charge in [-0.25, -0.2) is 0 Å². The van der Waals surface area contributed by atoms with Crippen LogP contribution in [0.3, 0.4) is 0 Å². The summed E-state index contributed by atoms with van der Waals surface area (Å²) in [6.07, 6.45) is 0.0442. The molecule has 0 aromatic carbocycles. The fourth-order valence-electron chi connectivity index (χ4n) is 1.24. The number of aliphatic hydroxyl groups is 3. The zero-order chi connectivity index (χ0) is 6.85. The fraction of sp³-hybridized carbons (Fsp3) is 1.00. The van der Waals surface area contributed by atoms with Crippen LogP contribution in [0.15, 0.2) is 0 Å². The third-order valence-corrected chi connectivity index (χ3v) is 1.94. The highest BCUT2D eigenvalue weighted by Crippen LogP contribution is 2.24. The maximum atomic E-state index is 9.05. The van der Waals surface area contributed by atoms with Crippen molar-refractivity contribution in [2.75, 3.05) is 6.61 Å². The highest BCUT2D eigenvalue weighted by Gasteiger charge is 2.32. The average Bonchev–Trinajstić information content (AvgIpc) is 2.15. The molecule has 0 radical (unpaired) electrons. The molecular formula is C6H12O3. The molecule has 0 aliphatic heterocycles. The molecular weight excluding hydrogens is 120 g/mol. The van der Waals surface area contributed by atoms with E-state index >= 15 is 0 Å². The van der Waals surface area contributed by atoms with Gasteiger partial charge in [0.2, 0.25) is 0 Å². The van der Waals surface area contributed by atoms with Gasteiger partial charge in [-0.1, -0.05) is 0 Å². The first-order valence-electron chi connectivity index (χ1n) is 3.22. The second-order valence-electron chi connectivity index (χ2n) is 2.58. The molecule has 1 fully saturated rings. The molecule has 0 amide bonds. The van der Waals surface area contributed by atoms with Gasteiger partial charge in [-0.05, 0) is 12.8 Å². The van der Waals surface area contributed by atoms with Crippen molar-refractivity contribution in [3.8, 4) is 0 Å². The fourth-order valence-corrected chi connectivity index (χ4v) is 1.24. The lowest BCUT2D eigenvalue weighted by molar-refractivity contribution is 0.00682. The van der Waals surface area contributed by atoms with Gasteiger partial charge in [-0.15, -0.1) is 0 Å². The van der Waals surface area contributed by atoms with Crippen molar-refractivity contribution in [2.24, 2.45) is 5.92 Å². The molecule has 0 heterocycles. The first-order valence-corrected chi connectivity index (χ1v) is 3.22. The maximum absolute atomic E-state index is 9.05. The van der Waals surface area contributed by atoms with Gasteiger partial charge in [-0.2, -0.15) is 0 Å². The van der Waals surface area contributed by atoms with E-state index in [-0.39, 0.29) is 12.5 Å². The Morgan fingerprint density at radius 2 is 1.89 bits per heavy atom. The van der Waals surface area contributed by atoms with Crippen LogP contribution in [0.4, 0.5) is 0 Å². The molecule has 1 rings (SSSR count). The highest BCUT2D eigenvalue weighted by atomic mass is 16.3. The number of aliphatic hydroxyl groups excluding tert-OH is 3. The Bertz CT molecular complexity index is 94.3. The largest absolute Gasteiger partial charge is 0.396 e. The molecule has 9 heavy (non-hydrogen) atoms. The molecule has 3 atom stereocenters. The minimum absolute atomic E-state index is 0.0156.